The highest BCUT2D eigenvalue weighted by atomic mass is 32.1. The largest absolute Gasteiger partial charge is 0.351 e. The molecule has 1 amide bonds. The van der Waals surface area contributed by atoms with Gasteiger partial charge in [0.15, 0.2) is 0 Å². The minimum Gasteiger partial charge on any atom is -0.351 e. The van der Waals surface area contributed by atoms with Gasteiger partial charge in [-0.1, -0.05) is 25.1 Å². The van der Waals surface area contributed by atoms with Gasteiger partial charge in [0.25, 0.3) is 11.5 Å². The number of nitrogens with zero attached hydrogens (tertiary/aromatic N) is 3. The molecule has 0 atom stereocenters. The summed E-state index contributed by atoms with van der Waals surface area (Å²) in [4.78, 5) is 31.2. The van der Waals surface area contributed by atoms with Crippen molar-refractivity contribution in [3.63, 3.8) is 0 Å². The van der Waals surface area contributed by atoms with E-state index in [4.69, 9.17) is 0 Å². The molecule has 0 saturated carbocycles. The number of thiophene rings is 1. The maximum atomic E-state index is 12.9. The van der Waals surface area contributed by atoms with Gasteiger partial charge in [-0.15, -0.1) is 11.3 Å². The Kier molecular flexibility index (Phi) is 6.51. The molecule has 1 aromatic carbocycles. The number of benzene rings is 1. The average Bonchev–Trinajstić information content (AvgIpc) is 3.24. The fraction of sp³-hybridized carbons (Fsp3) is 0.478. The Morgan fingerprint density at radius 3 is 2.50 bits per heavy atom. The van der Waals surface area contributed by atoms with E-state index in [-0.39, 0.29) is 11.5 Å². The van der Waals surface area contributed by atoms with Crippen molar-refractivity contribution in [1.29, 1.82) is 0 Å². The van der Waals surface area contributed by atoms with Gasteiger partial charge in [-0.3, -0.25) is 9.59 Å². The zero-order valence-corrected chi connectivity index (χ0v) is 18.6. The summed E-state index contributed by atoms with van der Waals surface area (Å²) in [5.74, 6) is -0.0847. The number of aryl methyl sites for hydroxylation is 1. The smallest absolute Gasteiger partial charge is 0.261 e. The van der Waals surface area contributed by atoms with E-state index >= 15 is 0 Å². The Labute approximate surface area is 181 Å². The van der Waals surface area contributed by atoms with Crippen molar-refractivity contribution < 1.29 is 4.79 Å². The molecule has 0 unspecified atom stereocenters. The van der Waals surface area contributed by atoms with Crippen LogP contribution in [-0.4, -0.2) is 66.1 Å². The third kappa shape index (κ3) is 4.15. The second kappa shape index (κ2) is 9.29. The Bertz CT molecular complexity index is 1100. The van der Waals surface area contributed by atoms with Crippen molar-refractivity contribution in [2.45, 2.75) is 26.8 Å². The standard InChI is InChI=1S/C23H30N4O2S/c1-3-25-12-14-26(15-13-25)11-7-10-24-22(28)20-16-18-21(30-20)17-8-5-6-9-19(17)27(4-2)23(18)29/h5-6,8-9,16H,3-4,7,10-15H2,1-2H3,(H,24,28). The summed E-state index contributed by atoms with van der Waals surface area (Å²) in [6, 6.07) is 9.69. The van der Waals surface area contributed by atoms with Crippen LogP contribution in [0.5, 0.6) is 0 Å². The Hall–Kier alpha value is -2.22. The summed E-state index contributed by atoms with van der Waals surface area (Å²) in [6.45, 7) is 12.1. The normalized spacial score (nSPS) is 15.8. The fourth-order valence-electron chi connectivity index (χ4n) is 4.25. The van der Waals surface area contributed by atoms with Crippen LogP contribution in [0.1, 0.15) is 29.9 Å². The predicted octanol–water partition coefficient (Wildman–Crippen LogP) is 2.99. The lowest BCUT2D eigenvalue weighted by atomic mass is 10.1. The second-order valence-electron chi connectivity index (χ2n) is 7.81. The predicted molar refractivity (Wildman–Crippen MR) is 125 cm³/mol. The Morgan fingerprint density at radius 1 is 1.03 bits per heavy atom. The van der Waals surface area contributed by atoms with Crippen LogP contribution >= 0.6 is 11.3 Å². The number of para-hydroxylation sites is 1. The number of nitrogens with one attached hydrogen (secondary N) is 1. The number of fused-ring (bicyclic) bond motifs is 3. The summed E-state index contributed by atoms with van der Waals surface area (Å²) < 4.78 is 2.68. The van der Waals surface area contributed by atoms with Crippen LogP contribution in [0.25, 0.3) is 21.0 Å². The molecule has 0 bridgehead atoms. The van der Waals surface area contributed by atoms with Crippen molar-refractivity contribution in [2.24, 2.45) is 0 Å². The summed E-state index contributed by atoms with van der Waals surface area (Å²) >= 11 is 1.42. The molecule has 6 nitrogen and oxygen atoms in total. The quantitative estimate of drug-likeness (QED) is 0.590. The van der Waals surface area contributed by atoms with E-state index in [0.717, 1.165) is 61.3 Å². The van der Waals surface area contributed by atoms with Gasteiger partial charge in [0.1, 0.15) is 0 Å². The number of pyridine rings is 1. The molecule has 4 rings (SSSR count). The van der Waals surface area contributed by atoms with E-state index in [1.807, 2.05) is 31.2 Å². The van der Waals surface area contributed by atoms with Gasteiger partial charge < -0.3 is 19.7 Å². The van der Waals surface area contributed by atoms with E-state index in [2.05, 4.69) is 22.0 Å². The second-order valence-corrected chi connectivity index (χ2v) is 8.86. The first kappa shape index (κ1) is 21.0. The van der Waals surface area contributed by atoms with Crippen molar-refractivity contribution in [3.8, 4) is 0 Å². The number of hydrogen-bond donors (Lipinski definition) is 1. The summed E-state index contributed by atoms with van der Waals surface area (Å²) in [6.07, 6.45) is 0.939. The van der Waals surface area contributed by atoms with Gasteiger partial charge in [-0.2, -0.15) is 0 Å². The molecule has 0 radical (unpaired) electrons. The van der Waals surface area contributed by atoms with Crippen LogP contribution in [0.2, 0.25) is 0 Å². The molecule has 2 aromatic heterocycles. The van der Waals surface area contributed by atoms with E-state index in [9.17, 15) is 9.59 Å². The number of hydrogen-bond acceptors (Lipinski definition) is 5. The van der Waals surface area contributed by atoms with E-state index in [1.54, 1.807) is 10.6 Å². The molecule has 1 N–H and O–H groups in total. The van der Waals surface area contributed by atoms with Crippen LogP contribution in [0.4, 0.5) is 0 Å². The summed E-state index contributed by atoms with van der Waals surface area (Å²) in [7, 11) is 0. The topological polar surface area (TPSA) is 57.6 Å². The van der Waals surface area contributed by atoms with Crippen LogP contribution in [-0.2, 0) is 6.54 Å². The Balaban J connectivity index is 1.42. The lowest BCUT2D eigenvalue weighted by Gasteiger charge is -2.33. The number of rotatable bonds is 7. The highest BCUT2D eigenvalue weighted by Gasteiger charge is 2.17. The SMILES string of the molecule is CCN1CCN(CCCNC(=O)c2cc3c(=O)n(CC)c4ccccc4c3s2)CC1. The van der Waals surface area contributed by atoms with Crippen LogP contribution in [0.15, 0.2) is 35.1 Å². The van der Waals surface area contributed by atoms with E-state index in [1.165, 1.54) is 11.3 Å². The molecule has 30 heavy (non-hydrogen) atoms. The molecule has 0 spiro atoms. The van der Waals surface area contributed by atoms with Crippen molar-refractivity contribution in [3.05, 3.63) is 45.6 Å². The first-order valence-corrected chi connectivity index (χ1v) is 11.7. The molecule has 160 valence electrons. The molecule has 1 saturated heterocycles. The molecular weight excluding hydrogens is 396 g/mol. The van der Waals surface area contributed by atoms with Gasteiger partial charge in [0.05, 0.1) is 15.8 Å². The molecule has 0 aliphatic carbocycles. The van der Waals surface area contributed by atoms with Crippen LogP contribution < -0.4 is 10.9 Å². The van der Waals surface area contributed by atoms with Gasteiger partial charge in [-0.05, 0) is 38.6 Å². The van der Waals surface area contributed by atoms with Gasteiger partial charge in [0.2, 0.25) is 0 Å². The van der Waals surface area contributed by atoms with Crippen LogP contribution in [0, 0.1) is 0 Å². The fourth-order valence-corrected chi connectivity index (χ4v) is 5.35. The van der Waals surface area contributed by atoms with Crippen LogP contribution in [0.3, 0.4) is 0 Å². The van der Waals surface area contributed by atoms with Crippen molar-refractivity contribution >= 4 is 38.2 Å². The minimum atomic E-state index is -0.0847. The number of amides is 1. The van der Waals surface area contributed by atoms with E-state index in [0.29, 0.717) is 23.4 Å². The number of carbonyl (C=O) groups excluding carboxylic acids is 1. The highest BCUT2D eigenvalue weighted by molar-refractivity contribution is 7.21. The van der Waals surface area contributed by atoms with Gasteiger partial charge >= 0.3 is 0 Å². The van der Waals surface area contributed by atoms with Gasteiger partial charge in [0, 0.05) is 49.4 Å². The maximum absolute atomic E-state index is 12.9. The molecule has 1 aliphatic heterocycles. The van der Waals surface area contributed by atoms with Crippen molar-refractivity contribution in [2.75, 3.05) is 45.8 Å². The zero-order valence-electron chi connectivity index (χ0n) is 17.8. The highest BCUT2D eigenvalue weighted by Crippen LogP contribution is 2.30. The molecular formula is C23H30N4O2S. The minimum absolute atomic E-state index is 0.0206. The number of piperazine rings is 1. The monoisotopic (exact) mass is 426 g/mol. The third-order valence-corrected chi connectivity index (χ3v) is 7.20. The molecule has 7 heteroatoms. The lowest BCUT2D eigenvalue weighted by molar-refractivity contribution is 0.0952. The molecule has 3 heterocycles. The third-order valence-electron chi connectivity index (χ3n) is 6.04. The lowest BCUT2D eigenvalue weighted by Crippen LogP contribution is -2.46. The van der Waals surface area contributed by atoms with E-state index < -0.39 is 0 Å². The number of carbonyl (C=O) groups is 1. The van der Waals surface area contributed by atoms with Crippen molar-refractivity contribution in [1.82, 2.24) is 19.7 Å². The average molecular weight is 427 g/mol. The maximum Gasteiger partial charge on any atom is 0.261 e. The molecule has 1 fully saturated rings. The number of likely N-dealkylation sites (N-methyl/N-ethyl adjacent to an activating group) is 1. The molecule has 3 aromatic rings. The first-order valence-electron chi connectivity index (χ1n) is 10.9. The van der Waals surface area contributed by atoms with Gasteiger partial charge in [-0.25, -0.2) is 0 Å². The molecule has 1 aliphatic rings. The number of aromatic nitrogens is 1. The Morgan fingerprint density at radius 2 is 1.77 bits per heavy atom. The first-order chi connectivity index (χ1) is 14.6. The summed E-state index contributed by atoms with van der Waals surface area (Å²) in [5.41, 5.74) is 0.905. The zero-order chi connectivity index (χ0) is 21.1. The summed E-state index contributed by atoms with van der Waals surface area (Å²) in [5, 5.41) is 4.71.